The van der Waals surface area contributed by atoms with Crippen LogP contribution in [0.4, 0.5) is 0 Å². The van der Waals surface area contributed by atoms with Crippen molar-refractivity contribution in [2.24, 2.45) is 0 Å². The molecule has 10 aromatic carbocycles. The minimum absolute atomic E-state index is 1.23. The molecular formula is C54H38Si. The quantitative estimate of drug-likeness (QED) is 0.126. The molecule has 258 valence electrons. The Balaban J connectivity index is 1.38. The lowest BCUT2D eigenvalue weighted by molar-refractivity contribution is 1.62. The van der Waals surface area contributed by atoms with Gasteiger partial charge in [0.15, 0.2) is 0 Å². The fourth-order valence-corrected chi connectivity index (χ4v) is 12.6. The summed E-state index contributed by atoms with van der Waals surface area (Å²) >= 11 is 0. The lowest BCUT2D eigenvalue weighted by Crippen LogP contribution is -2.49. The Hall–Kier alpha value is -6.54. The van der Waals surface area contributed by atoms with Crippen molar-refractivity contribution in [1.82, 2.24) is 0 Å². The monoisotopic (exact) mass is 714 g/mol. The van der Waals surface area contributed by atoms with Crippen molar-refractivity contribution in [3.63, 3.8) is 0 Å². The first-order chi connectivity index (χ1) is 27.0. The minimum Gasteiger partial charge on any atom is -0.0623 e. The van der Waals surface area contributed by atoms with E-state index in [-0.39, 0.29) is 0 Å². The van der Waals surface area contributed by atoms with E-state index in [1.807, 2.05) is 0 Å². The van der Waals surface area contributed by atoms with Gasteiger partial charge in [0.05, 0.1) is 0 Å². The molecule has 0 fully saturated rings. The van der Waals surface area contributed by atoms with E-state index in [1.54, 1.807) is 0 Å². The third-order valence-electron chi connectivity index (χ3n) is 12.2. The molecule has 10 aromatic rings. The standard InChI is InChI=1S/C54H38Si/c1-55(2)51-27-14-13-25-42(51)46-33-49-50(34-52(46)55)53(43-26-15-23-36-20-11-12-24-41(36)43)47-32-40(35-16-5-3-6-17-35)28-29-44(47)54(49)48-31-39-22-10-9-21-38(39)30-45(48)37-18-7-4-8-19-37/h3-34H,1-2H3. The molecule has 1 heteroatoms. The summed E-state index contributed by atoms with van der Waals surface area (Å²) in [5.41, 5.74) is 12.9. The maximum Gasteiger partial charge on any atom is 0.113 e. The lowest BCUT2D eigenvalue weighted by Gasteiger charge is -2.24. The van der Waals surface area contributed by atoms with Crippen LogP contribution in [0.25, 0.3) is 98.7 Å². The minimum atomic E-state index is -2.00. The fraction of sp³-hybridized carbons (Fsp3) is 0.0370. The second-order valence-electron chi connectivity index (χ2n) is 15.6. The molecular weight excluding hydrogens is 677 g/mol. The van der Waals surface area contributed by atoms with E-state index in [1.165, 1.54) is 109 Å². The number of fused-ring (bicyclic) bond motifs is 7. The summed E-state index contributed by atoms with van der Waals surface area (Å²) in [6, 6.07) is 72.8. The molecule has 0 amide bonds. The summed E-state index contributed by atoms with van der Waals surface area (Å²) < 4.78 is 0. The van der Waals surface area contributed by atoms with Gasteiger partial charge in [-0.3, -0.25) is 0 Å². The van der Waals surface area contributed by atoms with Crippen LogP contribution in [0.1, 0.15) is 0 Å². The van der Waals surface area contributed by atoms with Gasteiger partial charge in [0.1, 0.15) is 8.07 Å². The van der Waals surface area contributed by atoms with Gasteiger partial charge in [0.2, 0.25) is 0 Å². The second-order valence-corrected chi connectivity index (χ2v) is 20.0. The summed E-state index contributed by atoms with van der Waals surface area (Å²) in [6.45, 7) is 5.07. The van der Waals surface area contributed by atoms with Crippen LogP contribution in [-0.4, -0.2) is 8.07 Å². The van der Waals surface area contributed by atoms with Gasteiger partial charge in [0.25, 0.3) is 0 Å². The van der Waals surface area contributed by atoms with Crippen molar-refractivity contribution in [1.29, 1.82) is 0 Å². The molecule has 0 aromatic heterocycles. The molecule has 0 bridgehead atoms. The molecule has 0 saturated carbocycles. The predicted molar refractivity (Wildman–Crippen MR) is 240 cm³/mol. The Morgan fingerprint density at radius 3 is 1.62 bits per heavy atom. The lowest BCUT2D eigenvalue weighted by atomic mass is 9.81. The molecule has 11 rings (SSSR count). The molecule has 1 aliphatic heterocycles. The zero-order valence-electron chi connectivity index (χ0n) is 31.0. The topological polar surface area (TPSA) is 0 Å². The Labute approximate surface area is 323 Å². The molecule has 0 aliphatic carbocycles. The molecule has 1 aliphatic rings. The second kappa shape index (κ2) is 12.2. The van der Waals surface area contributed by atoms with Gasteiger partial charge in [-0.2, -0.15) is 0 Å². The highest BCUT2D eigenvalue weighted by molar-refractivity contribution is 7.04. The van der Waals surface area contributed by atoms with Crippen molar-refractivity contribution in [2.45, 2.75) is 13.1 Å². The van der Waals surface area contributed by atoms with Crippen LogP contribution < -0.4 is 10.4 Å². The summed E-state index contributed by atoms with van der Waals surface area (Å²) in [6.07, 6.45) is 0. The van der Waals surface area contributed by atoms with Gasteiger partial charge >= 0.3 is 0 Å². The molecule has 0 spiro atoms. The van der Waals surface area contributed by atoms with Crippen molar-refractivity contribution in [3.8, 4) is 55.6 Å². The maximum absolute atomic E-state index is 2.62. The largest absolute Gasteiger partial charge is 0.113 e. The fourth-order valence-electron chi connectivity index (χ4n) is 9.56. The Morgan fingerprint density at radius 2 is 0.836 bits per heavy atom. The first-order valence-electron chi connectivity index (χ1n) is 19.3. The van der Waals surface area contributed by atoms with Gasteiger partial charge in [0, 0.05) is 0 Å². The van der Waals surface area contributed by atoms with E-state index in [0.29, 0.717) is 0 Å². The first kappa shape index (κ1) is 31.9. The number of rotatable bonds is 4. The van der Waals surface area contributed by atoms with Gasteiger partial charge in [-0.15, -0.1) is 0 Å². The van der Waals surface area contributed by atoms with Gasteiger partial charge in [-0.05, 0) is 133 Å². The summed E-state index contributed by atoms with van der Waals surface area (Å²) in [7, 11) is -2.00. The average Bonchev–Trinajstić information content (AvgIpc) is 3.47. The highest BCUT2D eigenvalue weighted by atomic mass is 28.3. The Bertz CT molecular complexity index is 3150. The SMILES string of the molecule is C[Si]1(C)c2ccccc2-c2cc3c(-c4cc5ccccc5cc4-c4ccccc4)c4ccc(-c5ccccc5)cc4c(-c4cccc5ccccc45)c3cc21. The maximum atomic E-state index is 2.62. The van der Waals surface area contributed by atoms with Crippen LogP contribution >= 0.6 is 0 Å². The average molecular weight is 715 g/mol. The predicted octanol–water partition coefficient (Wildman–Crippen LogP) is 13.8. The van der Waals surface area contributed by atoms with E-state index in [0.717, 1.165) is 0 Å². The van der Waals surface area contributed by atoms with Crippen molar-refractivity contribution in [3.05, 3.63) is 194 Å². The molecule has 0 saturated heterocycles. The zero-order valence-corrected chi connectivity index (χ0v) is 32.0. The van der Waals surface area contributed by atoms with E-state index < -0.39 is 8.07 Å². The number of hydrogen-bond donors (Lipinski definition) is 0. The Morgan fingerprint density at radius 1 is 0.273 bits per heavy atom. The van der Waals surface area contributed by atoms with E-state index >= 15 is 0 Å². The third-order valence-corrected chi connectivity index (χ3v) is 15.8. The van der Waals surface area contributed by atoms with Gasteiger partial charge < -0.3 is 0 Å². The van der Waals surface area contributed by atoms with Crippen LogP contribution in [0, 0.1) is 0 Å². The van der Waals surface area contributed by atoms with E-state index in [9.17, 15) is 0 Å². The number of hydrogen-bond acceptors (Lipinski definition) is 0. The molecule has 0 atom stereocenters. The van der Waals surface area contributed by atoms with Crippen molar-refractivity contribution < 1.29 is 0 Å². The van der Waals surface area contributed by atoms with Crippen LogP contribution in [-0.2, 0) is 0 Å². The van der Waals surface area contributed by atoms with Gasteiger partial charge in [-0.1, -0.05) is 183 Å². The van der Waals surface area contributed by atoms with Gasteiger partial charge in [-0.25, -0.2) is 0 Å². The zero-order chi connectivity index (χ0) is 36.7. The normalized spacial score (nSPS) is 13.1. The van der Waals surface area contributed by atoms with Crippen LogP contribution in [0.15, 0.2) is 194 Å². The highest BCUT2D eigenvalue weighted by Gasteiger charge is 2.38. The van der Waals surface area contributed by atoms with E-state index in [4.69, 9.17) is 0 Å². The van der Waals surface area contributed by atoms with Crippen LogP contribution in [0.5, 0.6) is 0 Å². The molecule has 1 heterocycles. The number of benzene rings is 10. The summed E-state index contributed by atoms with van der Waals surface area (Å²) in [5.74, 6) is 0. The van der Waals surface area contributed by atoms with Crippen LogP contribution in [0.2, 0.25) is 13.1 Å². The summed E-state index contributed by atoms with van der Waals surface area (Å²) in [4.78, 5) is 0. The Kier molecular flexibility index (Phi) is 7.11. The molecule has 0 unspecified atom stereocenters. The molecule has 0 N–H and O–H groups in total. The first-order valence-corrected chi connectivity index (χ1v) is 22.3. The highest BCUT2D eigenvalue weighted by Crippen LogP contribution is 2.50. The molecule has 0 radical (unpaired) electrons. The van der Waals surface area contributed by atoms with Crippen LogP contribution in [0.3, 0.4) is 0 Å². The molecule has 55 heavy (non-hydrogen) atoms. The van der Waals surface area contributed by atoms with Crippen molar-refractivity contribution >= 4 is 61.5 Å². The third kappa shape index (κ3) is 4.90. The van der Waals surface area contributed by atoms with Crippen molar-refractivity contribution in [2.75, 3.05) is 0 Å². The van der Waals surface area contributed by atoms with E-state index in [2.05, 4.69) is 207 Å². The smallest absolute Gasteiger partial charge is 0.0623 e. The summed E-state index contributed by atoms with van der Waals surface area (Å²) in [5, 5.41) is 13.3. The molecule has 0 nitrogen and oxygen atoms in total.